The highest BCUT2D eigenvalue weighted by atomic mass is 32.1. The van der Waals surface area contributed by atoms with Crippen LogP contribution in [0, 0.1) is 12.3 Å². The van der Waals surface area contributed by atoms with E-state index in [2.05, 4.69) is 36.5 Å². The lowest BCUT2D eigenvalue weighted by Crippen LogP contribution is -2.40. The smallest absolute Gasteiger partial charge is 0.234 e. The van der Waals surface area contributed by atoms with Crippen molar-refractivity contribution < 1.29 is 4.79 Å². The topological polar surface area (TPSA) is 41.1 Å². The standard InChI is InChI=1S/C13H18N2OS/c1-4-7-14-9-12(16)15-10-13(2,3)11-6-5-8-17-11/h1,5-6,8,14H,7,9-10H2,2-3H3,(H,15,16). The fraction of sp³-hybridized carbons (Fsp3) is 0.462. The van der Waals surface area contributed by atoms with E-state index in [9.17, 15) is 4.79 Å². The maximum atomic E-state index is 11.5. The molecule has 0 bridgehead atoms. The van der Waals surface area contributed by atoms with Crippen molar-refractivity contribution in [2.24, 2.45) is 0 Å². The molecule has 92 valence electrons. The highest BCUT2D eigenvalue weighted by Crippen LogP contribution is 2.26. The van der Waals surface area contributed by atoms with Crippen LogP contribution in [0.2, 0.25) is 0 Å². The fourth-order valence-electron chi connectivity index (χ4n) is 1.38. The first-order valence-corrected chi connectivity index (χ1v) is 6.39. The van der Waals surface area contributed by atoms with E-state index < -0.39 is 0 Å². The van der Waals surface area contributed by atoms with E-state index in [1.165, 1.54) is 4.88 Å². The molecule has 1 aromatic rings. The number of terminal acetylenes is 1. The second kappa shape index (κ2) is 6.43. The van der Waals surface area contributed by atoms with Crippen LogP contribution in [-0.4, -0.2) is 25.5 Å². The molecule has 0 atom stereocenters. The Morgan fingerprint density at radius 3 is 2.94 bits per heavy atom. The molecule has 0 spiro atoms. The van der Waals surface area contributed by atoms with Crippen molar-refractivity contribution in [1.29, 1.82) is 0 Å². The third-order valence-corrected chi connectivity index (χ3v) is 3.66. The van der Waals surface area contributed by atoms with Gasteiger partial charge >= 0.3 is 0 Å². The Hall–Kier alpha value is -1.31. The van der Waals surface area contributed by atoms with Gasteiger partial charge in [-0.3, -0.25) is 10.1 Å². The van der Waals surface area contributed by atoms with E-state index in [1.807, 2.05) is 11.4 Å². The zero-order valence-corrected chi connectivity index (χ0v) is 11.1. The van der Waals surface area contributed by atoms with E-state index in [0.29, 0.717) is 13.1 Å². The van der Waals surface area contributed by atoms with Crippen LogP contribution in [0.5, 0.6) is 0 Å². The molecule has 1 amide bonds. The quantitative estimate of drug-likeness (QED) is 0.591. The minimum absolute atomic E-state index is 0.0233. The Labute approximate surface area is 107 Å². The van der Waals surface area contributed by atoms with Crippen LogP contribution < -0.4 is 10.6 Å². The summed E-state index contributed by atoms with van der Waals surface area (Å²) in [5.74, 6) is 2.41. The van der Waals surface area contributed by atoms with Gasteiger partial charge < -0.3 is 5.32 Å². The van der Waals surface area contributed by atoms with Crippen LogP contribution in [0.25, 0.3) is 0 Å². The van der Waals surface area contributed by atoms with Gasteiger partial charge in [-0.05, 0) is 11.4 Å². The number of amides is 1. The molecule has 0 aromatic carbocycles. The summed E-state index contributed by atoms with van der Waals surface area (Å²) in [7, 11) is 0. The van der Waals surface area contributed by atoms with Gasteiger partial charge in [0.1, 0.15) is 0 Å². The third-order valence-electron chi connectivity index (χ3n) is 2.43. The molecular formula is C13H18N2OS. The highest BCUT2D eigenvalue weighted by molar-refractivity contribution is 7.10. The minimum Gasteiger partial charge on any atom is -0.354 e. The van der Waals surface area contributed by atoms with E-state index >= 15 is 0 Å². The van der Waals surface area contributed by atoms with Gasteiger partial charge in [0.2, 0.25) is 5.91 Å². The van der Waals surface area contributed by atoms with E-state index in [1.54, 1.807) is 11.3 Å². The molecule has 0 aliphatic heterocycles. The predicted octanol–water partition coefficient (Wildman–Crippen LogP) is 1.36. The van der Waals surface area contributed by atoms with E-state index in [0.717, 1.165) is 0 Å². The lowest BCUT2D eigenvalue weighted by atomic mass is 9.91. The van der Waals surface area contributed by atoms with Crippen molar-refractivity contribution in [2.45, 2.75) is 19.3 Å². The first kappa shape index (κ1) is 13.8. The third kappa shape index (κ3) is 4.59. The molecule has 1 rings (SSSR count). The van der Waals surface area contributed by atoms with Crippen LogP contribution in [0.3, 0.4) is 0 Å². The second-order valence-electron chi connectivity index (χ2n) is 4.45. The predicted molar refractivity (Wildman–Crippen MR) is 72.1 cm³/mol. The molecule has 0 fully saturated rings. The van der Waals surface area contributed by atoms with Crippen LogP contribution >= 0.6 is 11.3 Å². The molecule has 0 radical (unpaired) electrons. The maximum absolute atomic E-state index is 11.5. The molecule has 0 unspecified atom stereocenters. The molecule has 1 aromatic heterocycles. The molecule has 1 heterocycles. The molecule has 0 aliphatic rings. The van der Waals surface area contributed by atoms with Crippen LogP contribution in [-0.2, 0) is 10.2 Å². The number of carbonyl (C=O) groups excluding carboxylic acids is 1. The zero-order valence-electron chi connectivity index (χ0n) is 10.2. The Bertz CT molecular complexity index is 390. The molecule has 2 N–H and O–H groups in total. The number of hydrogen-bond donors (Lipinski definition) is 2. The lowest BCUT2D eigenvalue weighted by molar-refractivity contribution is -0.120. The van der Waals surface area contributed by atoms with Crippen molar-refractivity contribution >= 4 is 17.2 Å². The summed E-state index contributed by atoms with van der Waals surface area (Å²) >= 11 is 1.71. The number of nitrogens with one attached hydrogen (secondary N) is 2. The van der Waals surface area contributed by atoms with Crippen LogP contribution in [0.4, 0.5) is 0 Å². The lowest BCUT2D eigenvalue weighted by Gasteiger charge is -2.23. The Morgan fingerprint density at radius 2 is 2.35 bits per heavy atom. The summed E-state index contributed by atoms with van der Waals surface area (Å²) in [5, 5.41) is 7.82. The fourth-order valence-corrected chi connectivity index (χ4v) is 2.23. The van der Waals surface area contributed by atoms with Crippen molar-refractivity contribution in [3.63, 3.8) is 0 Å². The first-order valence-electron chi connectivity index (χ1n) is 5.51. The van der Waals surface area contributed by atoms with Crippen LogP contribution in [0.1, 0.15) is 18.7 Å². The summed E-state index contributed by atoms with van der Waals surface area (Å²) in [5.41, 5.74) is -0.0318. The molecule has 3 nitrogen and oxygen atoms in total. The number of rotatable bonds is 6. The van der Waals surface area contributed by atoms with Gasteiger partial charge in [-0.2, -0.15) is 0 Å². The average molecular weight is 250 g/mol. The number of thiophene rings is 1. The molecule has 0 aliphatic carbocycles. The molecular weight excluding hydrogens is 232 g/mol. The van der Waals surface area contributed by atoms with Gasteiger partial charge in [0.05, 0.1) is 13.1 Å². The minimum atomic E-state index is -0.0318. The number of hydrogen-bond acceptors (Lipinski definition) is 3. The van der Waals surface area contributed by atoms with Crippen molar-refractivity contribution in [2.75, 3.05) is 19.6 Å². The Balaban J connectivity index is 2.35. The molecule has 4 heteroatoms. The van der Waals surface area contributed by atoms with E-state index in [4.69, 9.17) is 6.42 Å². The van der Waals surface area contributed by atoms with Gasteiger partial charge in [-0.15, -0.1) is 17.8 Å². The largest absolute Gasteiger partial charge is 0.354 e. The Morgan fingerprint density at radius 1 is 1.59 bits per heavy atom. The highest BCUT2D eigenvalue weighted by Gasteiger charge is 2.22. The number of carbonyl (C=O) groups is 1. The van der Waals surface area contributed by atoms with Gasteiger partial charge in [-0.25, -0.2) is 0 Å². The normalized spacial score (nSPS) is 10.9. The maximum Gasteiger partial charge on any atom is 0.234 e. The summed E-state index contributed by atoms with van der Waals surface area (Å²) in [6, 6.07) is 4.12. The van der Waals surface area contributed by atoms with Crippen molar-refractivity contribution in [3.05, 3.63) is 22.4 Å². The SMILES string of the molecule is C#CCNCC(=O)NCC(C)(C)c1cccs1. The van der Waals surface area contributed by atoms with Gasteiger partial charge in [0.25, 0.3) is 0 Å². The average Bonchev–Trinajstić information content (AvgIpc) is 2.81. The van der Waals surface area contributed by atoms with Gasteiger partial charge in [0.15, 0.2) is 0 Å². The van der Waals surface area contributed by atoms with Crippen LogP contribution in [0.15, 0.2) is 17.5 Å². The summed E-state index contributed by atoms with van der Waals surface area (Å²) < 4.78 is 0. The van der Waals surface area contributed by atoms with Gasteiger partial charge in [0, 0.05) is 16.8 Å². The van der Waals surface area contributed by atoms with Crippen molar-refractivity contribution in [1.82, 2.24) is 10.6 Å². The molecule has 0 saturated heterocycles. The summed E-state index contributed by atoms with van der Waals surface area (Å²) in [4.78, 5) is 12.8. The first-order chi connectivity index (χ1) is 8.06. The monoisotopic (exact) mass is 250 g/mol. The summed E-state index contributed by atoms with van der Waals surface area (Å²) in [6.45, 7) is 5.55. The van der Waals surface area contributed by atoms with Crippen molar-refractivity contribution in [3.8, 4) is 12.3 Å². The zero-order chi connectivity index (χ0) is 12.7. The second-order valence-corrected chi connectivity index (χ2v) is 5.39. The Kier molecular flexibility index (Phi) is 5.20. The summed E-state index contributed by atoms with van der Waals surface area (Å²) in [6.07, 6.45) is 5.08. The van der Waals surface area contributed by atoms with E-state index in [-0.39, 0.29) is 17.9 Å². The molecule has 0 saturated carbocycles. The van der Waals surface area contributed by atoms with Gasteiger partial charge in [-0.1, -0.05) is 25.8 Å². The molecule has 17 heavy (non-hydrogen) atoms.